The lowest BCUT2D eigenvalue weighted by molar-refractivity contribution is 0.793. The van der Waals surface area contributed by atoms with Crippen molar-refractivity contribution in [1.29, 1.82) is 0 Å². The minimum absolute atomic E-state index is 0.467. The Morgan fingerprint density at radius 2 is 0.683 bits per heavy atom. The summed E-state index contributed by atoms with van der Waals surface area (Å²) in [5.41, 5.74) is 16.9. The Hall–Kier alpha value is -8.20. The smallest absolute Gasteiger partial charge is 0.0726 e. The lowest BCUT2D eigenvalue weighted by Gasteiger charge is -2.33. The van der Waals surface area contributed by atoms with Gasteiger partial charge in [-0.25, -0.2) is 0 Å². The van der Waals surface area contributed by atoms with Gasteiger partial charge in [-0.2, -0.15) is 0 Å². The summed E-state index contributed by atoms with van der Waals surface area (Å²) in [6.45, 7) is 0. The van der Waals surface area contributed by atoms with E-state index in [0.29, 0.717) is 0 Å². The van der Waals surface area contributed by atoms with Crippen LogP contribution in [0.3, 0.4) is 0 Å². The molecule has 11 aromatic carbocycles. The molecule has 14 rings (SSSR count). The minimum atomic E-state index is -0.467. The molecule has 0 saturated heterocycles. The number of benzene rings is 11. The van der Waals surface area contributed by atoms with E-state index in [1.165, 1.54) is 98.6 Å². The molecule has 1 aromatic heterocycles. The summed E-state index contributed by atoms with van der Waals surface area (Å²) in [5, 5.41) is 10.1. The second kappa shape index (κ2) is 12.9. The molecule has 0 saturated carbocycles. The molecule has 2 heteroatoms. The Labute approximate surface area is 365 Å². The van der Waals surface area contributed by atoms with E-state index < -0.39 is 5.41 Å². The number of nitrogens with zero attached hydrogens (tertiary/aromatic N) is 2. The normalized spacial score (nSPS) is 13.2. The second-order valence-electron chi connectivity index (χ2n) is 17.1. The van der Waals surface area contributed by atoms with Crippen molar-refractivity contribution < 1.29 is 0 Å². The van der Waals surface area contributed by atoms with Gasteiger partial charge in [-0.15, -0.1) is 0 Å². The SMILES string of the molecule is c1ccc2c(c1)-c1ccccc1C21c2ccccc2-c2ccc(N(c3ccc4c5ccccc5c5ccccc5c4c3)c3ccccc3-n3c4ccccc4c4ccccc43)cc21. The van der Waals surface area contributed by atoms with Gasteiger partial charge in [0.2, 0.25) is 0 Å². The number of hydrogen-bond acceptors (Lipinski definition) is 1. The van der Waals surface area contributed by atoms with Crippen molar-refractivity contribution in [1.82, 2.24) is 4.57 Å². The average molecular weight is 799 g/mol. The summed E-state index contributed by atoms with van der Waals surface area (Å²) in [5.74, 6) is 0. The van der Waals surface area contributed by atoms with E-state index in [1.807, 2.05) is 0 Å². The van der Waals surface area contributed by atoms with E-state index in [4.69, 9.17) is 0 Å². The maximum Gasteiger partial charge on any atom is 0.0726 e. The quantitative estimate of drug-likeness (QED) is 0.161. The summed E-state index contributed by atoms with van der Waals surface area (Å²) in [6.07, 6.45) is 0. The van der Waals surface area contributed by atoms with E-state index in [1.54, 1.807) is 0 Å². The molecule has 2 aliphatic carbocycles. The molecule has 0 atom stereocenters. The zero-order chi connectivity index (χ0) is 41.2. The maximum atomic E-state index is 2.52. The minimum Gasteiger partial charge on any atom is -0.308 e. The zero-order valence-corrected chi connectivity index (χ0v) is 34.3. The molecule has 0 amide bonds. The van der Waals surface area contributed by atoms with Crippen molar-refractivity contribution in [2.24, 2.45) is 0 Å². The molecule has 0 N–H and O–H groups in total. The molecule has 2 nitrogen and oxygen atoms in total. The summed E-state index contributed by atoms with van der Waals surface area (Å²) in [6, 6.07) is 86.0. The second-order valence-corrected chi connectivity index (χ2v) is 17.1. The molecule has 12 aromatic rings. The van der Waals surface area contributed by atoms with Crippen LogP contribution in [-0.2, 0) is 5.41 Å². The van der Waals surface area contributed by atoms with Gasteiger partial charge in [0.1, 0.15) is 0 Å². The first kappa shape index (κ1) is 34.5. The topological polar surface area (TPSA) is 8.17 Å². The van der Waals surface area contributed by atoms with E-state index in [2.05, 4.69) is 240 Å². The van der Waals surface area contributed by atoms with E-state index in [9.17, 15) is 0 Å². The highest BCUT2D eigenvalue weighted by molar-refractivity contribution is 6.26. The van der Waals surface area contributed by atoms with Crippen molar-refractivity contribution in [2.75, 3.05) is 4.90 Å². The van der Waals surface area contributed by atoms with Gasteiger partial charge < -0.3 is 9.47 Å². The maximum absolute atomic E-state index is 2.52. The van der Waals surface area contributed by atoms with Crippen LogP contribution in [0.5, 0.6) is 0 Å². The largest absolute Gasteiger partial charge is 0.308 e. The van der Waals surface area contributed by atoms with Gasteiger partial charge in [0.05, 0.1) is 27.8 Å². The van der Waals surface area contributed by atoms with Crippen LogP contribution in [0.4, 0.5) is 17.1 Å². The standard InChI is InChI=1S/C61H38N2/c1-2-19-43-41(17-1)42-18-3-4-20-44(42)52-37-39(33-35-45(43)52)62(59-31-15-16-32-60(59)63-57-29-13-8-24-50(57)51-25-9-14-30-58(51)63)40-34-36-49-48-23-7-12-28-55(48)61(56(49)38-40)53-26-10-5-21-46(53)47-22-6-11-27-54(47)61/h1-38H. The molecule has 292 valence electrons. The monoisotopic (exact) mass is 798 g/mol. The van der Waals surface area contributed by atoms with Gasteiger partial charge in [0.25, 0.3) is 0 Å². The van der Waals surface area contributed by atoms with E-state index in [0.717, 1.165) is 22.7 Å². The van der Waals surface area contributed by atoms with Crippen LogP contribution in [0.1, 0.15) is 22.3 Å². The van der Waals surface area contributed by atoms with Crippen molar-refractivity contribution in [3.05, 3.63) is 253 Å². The van der Waals surface area contributed by atoms with Crippen LogP contribution in [0.15, 0.2) is 231 Å². The van der Waals surface area contributed by atoms with Crippen LogP contribution in [0.25, 0.3) is 82.1 Å². The van der Waals surface area contributed by atoms with Crippen LogP contribution >= 0.6 is 0 Å². The predicted molar refractivity (Wildman–Crippen MR) is 264 cm³/mol. The third-order valence-electron chi connectivity index (χ3n) is 14.2. The van der Waals surface area contributed by atoms with Gasteiger partial charge in [-0.1, -0.05) is 182 Å². The van der Waals surface area contributed by atoms with Crippen molar-refractivity contribution in [3.8, 4) is 27.9 Å². The Balaban J connectivity index is 1.09. The van der Waals surface area contributed by atoms with Crippen molar-refractivity contribution in [3.63, 3.8) is 0 Å². The Bertz CT molecular complexity index is 3730. The number of hydrogen-bond donors (Lipinski definition) is 0. The molecular weight excluding hydrogens is 761 g/mol. The first-order valence-electron chi connectivity index (χ1n) is 21.9. The van der Waals surface area contributed by atoms with Gasteiger partial charge in [-0.05, 0) is 125 Å². The van der Waals surface area contributed by atoms with Crippen molar-refractivity contribution in [2.45, 2.75) is 5.41 Å². The Kier molecular flexibility index (Phi) is 7.07. The molecule has 0 bridgehead atoms. The fourth-order valence-corrected chi connectivity index (χ4v) is 11.7. The van der Waals surface area contributed by atoms with Crippen molar-refractivity contribution >= 4 is 71.2 Å². The molecule has 1 spiro atoms. The van der Waals surface area contributed by atoms with Gasteiger partial charge in [0, 0.05) is 22.1 Å². The molecular formula is C61H38N2. The molecule has 0 radical (unpaired) electrons. The number of fused-ring (bicyclic) bond motifs is 19. The highest BCUT2D eigenvalue weighted by Gasteiger charge is 2.51. The number of anilines is 3. The molecule has 0 unspecified atom stereocenters. The lowest BCUT2D eigenvalue weighted by atomic mass is 9.70. The van der Waals surface area contributed by atoms with E-state index >= 15 is 0 Å². The first-order valence-corrected chi connectivity index (χ1v) is 21.9. The van der Waals surface area contributed by atoms with Gasteiger partial charge in [0.15, 0.2) is 0 Å². The molecule has 0 fully saturated rings. The van der Waals surface area contributed by atoms with Crippen LogP contribution < -0.4 is 4.90 Å². The molecule has 2 aliphatic rings. The third-order valence-corrected chi connectivity index (χ3v) is 14.2. The number of para-hydroxylation sites is 4. The van der Waals surface area contributed by atoms with E-state index in [-0.39, 0.29) is 0 Å². The fraction of sp³-hybridized carbons (Fsp3) is 0.0164. The molecule has 0 aliphatic heterocycles. The zero-order valence-electron chi connectivity index (χ0n) is 34.3. The molecule has 1 heterocycles. The van der Waals surface area contributed by atoms with Gasteiger partial charge >= 0.3 is 0 Å². The summed E-state index contributed by atoms with van der Waals surface area (Å²) >= 11 is 0. The lowest BCUT2D eigenvalue weighted by Crippen LogP contribution is -2.26. The highest BCUT2D eigenvalue weighted by atomic mass is 15.2. The highest BCUT2D eigenvalue weighted by Crippen LogP contribution is 2.63. The molecule has 63 heavy (non-hydrogen) atoms. The van der Waals surface area contributed by atoms with Gasteiger partial charge in [-0.3, -0.25) is 0 Å². The first-order chi connectivity index (χ1) is 31.3. The van der Waals surface area contributed by atoms with Crippen LogP contribution in [-0.4, -0.2) is 4.57 Å². The summed E-state index contributed by atoms with van der Waals surface area (Å²) in [7, 11) is 0. The number of aromatic nitrogens is 1. The predicted octanol–water partition coefficient (Wildman–Crippen LogP) is 16.1. The average Bonchev–Trinajstić information content (AvgIpc) is 3.96. The van der Waals surface area contributed by atoms with Crippen LogP contribution in [0, 0.1) is 0 Å². The summed E-state index contributed by atoms with van der Waals surface area (Å²) in [4.78, 5) is 2.52. The number of rotatable bonds is 4. The Morgan fingerprint density at radius 3 is 1.25 bits per heavy atom. The fourth-order valence-electron chi connectivity index (χ4n) is 11.7. The Morgan fingerprint density at radius 1 is 0.286 bits per heavy atom. The third kappa shape index (κ3) is 4.57. The summed E-state index contributed by atoms with van der Waals surface area (Å²) < 4.78 is 2.46. The van der Waals surface area contributed by atoms with Crippen LogP contribution in [0.2, 0.25) is 0 Å².